The van der Waals surface area contributed by atoms with Gasteiger partial charge in [0.05, 0.1) is 26.7 Å². The van der Waals surface area contributed by atoms with Gasteiger partial charge in [0.2, 0.25) is 0 Å². The number of fused-ring (bicyclic) bond motifs is 2. The van der Waals surface area contributed by atoms with Crippen LogP contribution in [0.25, 0.3) is 0 Å². The van der Waals surface area contributed by atoms with Crippen molar-refractivity contribution in [2.75, 3.05) is 41.0 Å². The molecule has 2 aliphatic heterocycles. The minimum absolute atomic E-state index is 0.157. The molecule has 178 valence electrons. The predicted molar refractivity (Wildman–Crippen MR) is 133 cm³/mol. The molecule has 5 heteroatoms. The second kappa shape index (κ2) is 9.59. The number of hydrogen-bond donors (Lipinski definition) is 0. The molecule has 2 heterocycles. The maximum absolute atomic E-state index is 6.21. The van der Waals surface area contributed by atoms with Gasteiger partial charge < -0.3 is 18.9 Å². The van der Waals surface area contributed by atoms with Crippen molar-refractivity contribution in [3.05, 3.63) is 82.9 Å². The molecule has 3 aromatic carbocycles. The number of benzene rings is 3. The van der Waals surface area contributed by atoms with Gasteiger partial charge in [-0.25, -0.2) is 0 Å². The Bertz CT molecular complexity index is 1150. The van der Waals surface area contributed by atoms with E-state index in [-0.39, 0.29) is 5.41 Å². The molecule has 0 aliphatic carbocycles. The summed E-state index contributed by atoms with van der Waals surface area (Å²) in [6, 6.07) is 21.2. The van der Waals surface area contributed by atoms with Crippen LogP contribution in [0.2, 0.25) is 0 Å². The lowest BCUT2D eigenvalue weighted by Gasteiger charge is -2.32. The van der Waals surface area contributed by atoms with Crippen molar-refractivity contribution in [3.8, 4) is 23.0 Å². The molecule has 3 aromatic rings. The van der Waals surface area contributed by atoms with Gasteiger partial charge in [-0.1, -0.05) is 30.3 Å². The van der Waals surface area contributed by atoms with Gasteiger partial charge in [0.1, 0.15) is 18.1 Å². The average molecular weight is 460 g/mol. The van der Waals surface area contributed by atoms with E-state index < -0.39 is 0 Å². The molecule has 0 saturated carbocycles. The summed E-state index contributed by atoms with van der Waals surface area (Å²) in [5.74, 6) is 3.47. The Morgan fingerprint density at radius 2 is 1.65 bits per heavy atom. The molecule has 0 saturated heterocycles. The lowest BCUT2D eigenvalue weighted by atomic mass is 9.72. The molecule has 1 unspecified atom stereocenters. The van der Waals surface area contributed by atoms with Crippen LogP contribution in [0.1, 0.15) is 35.1 Å². The second-order valence-electron chi connectivity index (χ2n) is 9.20. The average Bonchev–Trinajstić information content (AvgIpc) is 3.27. The van der Waals surface area contributed by atoms with Crippen LogP contribution in [-0.2, 0) is 18.4 Å². The van der Waals surface area contributed by atoms with Crippen LogP contribution >= 0.6 is 0 Å². The van der Waals surface area contributed by atoms with Gasteiger partial charge in [-0.05, 0) is 72.8 Å². The van der Waals surface area contributed by atoms with Crippen LogP contribution in [0.3, 0.4) is 0 Å². The smallest absolute Gasteiger partial charge is 0.161 e. The molecule has 1 atom stereocenters. The zero-order valence-corrected chi connectivity index (χ0v) is 20.3. The van der Waals surface area contributed by atoms with E-state index in [9.17, 15) is 0 Å². The van der Waals surface area contributed by atoms with Crippen molar-refractivity contribution in [1.82, 2.24) is 4.90 Å². The number of nitrogens with zero attached hydrogens (tertiary/aromatic N) is 1. The summed E-state index contributed by atoms with van der Waals surface area (Å²) in [7, 11) is 5.12. The van der Waals surface area contributed by atoms with Crippen molar-refractivity contribution in [2.24, 2.45) is 0 Å². The van der Waals surface area contributed by atoms with E-state index in [2.05, 4.69) is 53.4 Å². The van der Waals surface area contributed by atoms with Crippen LogP contribution in [0.5, 0.6) is 23.0 Å². The first-order valence-electron chi connectivity index (χ1n) is 12.0. The summed E-state index contributed by atoms with van der Waals surface area (Å²) in [6.07, 6.45) is 3.13. The minimum atomic E-state index is -0.157. The maximum Gasteiger partial charge on any atom is 0.161 e. The van der Waals surface area contributed by atoms with Gasteiger partial charge in [-0.15, -0.1) is 0 Å². The molecule has 2 aliphatic rings. The maximum atomic E-state index is 6.21. The first-order chi connectivity index (χ1) is 16.7. The van der Waals surface area contributed by atoms with Crippen LogP contribution in [0, 0.1) is 0 Å². The largest absolute Gasteiger partial charge is 0.497 e. The topological polar surface area (TPSA) is 40.2 Å². The summed E-state index contributed by atoms with van der Waals surface area (Å²) >= 11 is 0. The monoisotopic (exact) mass is 459 g/mol. The normalized spacial score (nSPS) is 19.1. The number of rotatable bonds is 8. The Balaban J connectivity index is 1.34. The Morgan fingerprint density at radius 3 is 2.38 bits per heavy atom. The molecule has 34 heavy (non-hydrogen) atoms. The molecule has 0 amide bonds. The lowest BCUT2D eigenvalue weighted by Crippen LogP contribution is -2.34. The Morgan fingerprint density at radius 1 is 0.882 bits per heavy atom. The first kappa shape index (κ1) is 22.6. The number of methoxy groups -OCH3 is 3. The van der Waals surface area contributed by atoms with Crippen molar-refractivity contribution < 1.29 is 18.9 Å². The summed E-state index contributed by atoms with van der Waals surface area (Å²) in [6.45, 7) is 3.71. The third kappa shape index (κ3) is 4.09. The summed E-state index contributed by atoms with van der Waals surface area (Å²) in [5, 5.41) is 0. The molecular formula is C29H33NO4. The van der Waals surface area contributed by atoms with Crippen LogP contribution in [-0.4, -0.2) is 45.9 Å². The van der Waals surface area contributed by atoms with Gasteiger partial charge >= 0.3 is 0 Å². The Hall–Kier alpha value is -3.18. The third-order valence-corrected chi connectivity index (χ3v) is 7.38. The molecule has 0 aromatic heterocycles. The minimum Gasteiger partial charge on any atom is -0.497 e. The highest BCUT2D eigenvalue weighted by atomic mass is 16.5. The highest BCUT2D eigenvalue weighted by molar-refractivity contribution is 5.54. The summed E-state index contributed by atoms with van der Waals surface area (Å²) in [5.41, 5.74) is 5.08. The number of ether oxygens (including phenoxy) is 4. The zero-order valence-electron chi connectivity index (χ0n) is 20.3. The van der Waals surface area contributed by atoms with E-state index in [1.807, 2.05) is 12.1 Å². The van der Waals surface area contributed by atoms with Crippen LogP contribution in [0.4, 0.5) is 0 Å². The Labute approximate surface area is 202 Å². The highest BCUT2D eigenvalue weighted by Crippen LogP contribution is 2.48. The van der Waals surface area contributed by atoms with Crippen LogP contribution < -0.4 is 18.9 Å². The predicted octanol–water partition coefficient (Wildman–Crippen LogP) is 5.23. The second-order valence-corrected chi connectivity index (χ2v) is 9.20. The van der Waals surface area contributed by atoms with E-state index in [1.165, 1.54) is 22.3 Å². The number of hydrogen-bond acceptors (Lipinski definition) is 5. The fraction of sp³-hybridized carbons (Fsp3) is 0.379. The molecular weight excluding hydrogens is 426 g/mol. The molecule has 0 N–H and O–H groups in total. The van der Waals surface area contributed by atoms with Crippen molar-refractivity contribution in [3.63, 3.8) is 0 Å². The van der Waals surface area contributed by atoms with Gasteiger partial charge in [0.25, 0.3) is 0 Å². The van der Waals surface area contributed by atoms with E-state index >= 15 is 0 Å². The molecule has 0 spiro atoms. The molecule has 5 nitrogen and oxygen atoms in total. The van der Waals surface area contributed by atoms with Crippen molar-refractivity contribution in [2.45, 2.75) is 31.2 Å². The third-order valence-electron chi connectivity index (χ3n) is 7.38. The van der Waals surface area contributed by atoms with Gasteiger partial charge in [0, 0.05) is 18.7 Å². The van der Waals surface area contributed by atoms with Gasteiger partial charge in [-0.2, -0.15) is 0 Å². The lowest BCUT2D eigenvalue weighted by molar-refractivity contribution is 0.228. The summed E-state index contributed by atoms with van der Waals surface area (Å²) in [4.78, 5) is 2.55. The fourth-order valence-corrected chi connectivity index (χ4v) is 5.50. The van der Waals surface area contributed by atoms with E-state index in [0.717, 1.165) is 61.9 Å². The van der Waals surface area contributed by atoms with E-state index in [4.69, 9.17) is 18.9 Å². The van der Waals surface area contributed by atoms with Crippen molar-refractivity contribution in [1.29, 1.82) is 0 Å². The molecule has 0 radical (unpaired) electrons. The molecule has 5 rings (SSSR count). The van der Waals surface area contributed by atoms with Crippen LogP contribution in [0.15, 0.2) is 60.7 Å². The molecule has 0 fully saturated rings. The van der Waals surface area contributed by atoms with E-state index in [1.54, 1.807) is 21.3 Å². The standard InChI is InChI=1S/C29H33NO4/c1-31-24-10-11-26-25(18-24)29(20-34-26,23-8-5-4-6-9-23)13-7-14-30-15-12-21-16-27(32-2)28(33-3)17-22(21)19-30/h4-6,8-11,16-18H,7,12-15,19-20H2,1-3H3. The quantitative estimate of drug-likeness (QED) is 0.461. The van der Waals surface area contributed by atoms with Crippen molar-refractivity contribution >= 4 is 0 Å². The van der Waals surface area contributed by atoms with Gasteiger partial charge in [0.15, 0.2) is 11.5 Å². The SMILES string of the molecule is COc1ccc2c(c1)C(CCCN1CCc3cc(OC)c(OC)cc3C1)(c1ccccc1)CO2. The van der Waals surface area contributed by atoms with Gasteiger partial charge in [-0.3, -0.25) is 4.90 Å². The first-order valence-corrected chi connectivity index (χ1v) is 12.0. The Kier molecular flexibility index (Phi) is 6.38. The summed E-state index contributed by atoms with van der Waals surface area (Å²) < 4.78 is 22.8. The zero-order chi connectivity index (χ0) is 23.5. The highest BCUT2D eigenvalue weighted by Gasteiger charge is 2.42. The molecule has 0 bridgehead atoms. The van der Waals surface area contributed by atoms with E-state index in [0.29, 0.717) is 6.61 Å². The fourth-order valence-electron chi connectivity index (χ4n) is 5.50.